The van der Waals surface area contributed by atoms with Crippen molar-refractivity contribution in [3.8, 4) is 0 Å². The molecular weight excluding hydrogens is 267 g/mol. The van der Waals surface area contributed by atoms with Crippen molar-refractivity contribution in [1.82, 2.24) is 4.90 Å². The number of hydrogen-bond donors (Lipinski definition) is 1. The molecule has 0 amide bonds. The van der Waals surface area contributed by atoms with Gasteiger partial charge in [-0.25, -0.2) is 4.39 Å². The zero-order chi connectivity index (χ0) is 13.0. The van der Waals surface area contributed by atoms with E-state index in [1.54, 1.807) is 12.1 Å². The first kappa shape index (κ1) is 16.1. The van der Waals surface area contributed by atoms with E-state index in [0.29, 0.717) is 12.1 Å². The largest absolute Gasteiger partial charge is 0.329 e. The summed E-state index contributed by atoms with van der Waals surface area (Å²) in [5.41, 5.74) is 6.13. The maximum Gasteiger partial charge on any atom is 0.166 e. The van der Waals surface area contributed by atoms with Crippen LogP contribution in [-0.2, 0) is 0 Å². The highest BCUT2D eigenvalue weighted by Gasteiger charge is 2.25. The molecule has 1 aliphatic heterocycles. The van der Waals surface area contributed by atoms with Gasteiger partial charge in [-0.2, -0.15) is 0 Å². The van der Waals surface area contributed by atoms with Gasteiger partial charge < -0.3 is 10.6 Å². The Morgan fingerprint density at radius 1 is 1.26 bits per heavy atom. The first-order chi connectivity index (χ1) is 8.70. The molecule has 1 heterocycles. The fraction of sp³-hybridized carbons (Fsp3) is 0.500. The quantitative estimate of drug-likeness (QED) is 0.862. The highest BCUT2D eigenvalue weighted by atomic mass is 35.5. The van der Waals surface area contributed by atoms with Gasteiger partial charge >= 0.3 is 0 Å². The van der Waals surface area contributed by atoms with E-state index in [9.17, 15) is 9.18 Å². The molecule has 0 radical (unpaired) electrons. The van der Waals surface area contributed by atoms with Gasteiger partial charge in [0.15, 0.2) is 5.78 Å². The van der Waals surface area contributed by atoms with Crippen LogP contribution in [0.1, 0.15) is 23.2 Å². The molecule has 0 aliphatic carbocycles. The van der Waals surface area contributed by atoms with E-state index in [1.165, 1.54) is 12.1 Å². The van der Waals surface area contributed by atoms with Crippen LogP contribution in [-0.4, -0.2) is 36.9 Å². The molecule has 5 heteroatoms. The predicted octanol–water partition coefficient (Wildman–Crippen LogP) is 2.10. The lowest BCUT2D eigenvalue weighted by Crippen LogP contribution is -2.39. The monoisotopic (exact) mass is 286 g/mol. The zero-order valence-electron chi connectivity index (χ0n) is 10.8. The van der Waals surface area contributed by atoms with Crippen LogP contribution in [0.2, 0.25) is 0 Å². The average Bonchev–Trinajstić information content (AvgIpc) is 2.40. The van der Waals surface area contributed by atoms with Crippen LogP contribution >= 0.6 is 12.4 Å². The Hall–Kier alpha value is -0.970. The van der Waals surface area contributed by atoms with Gasteiger partial charge in [-0.1, -0.05) is 0 Å². The summed E-state index contributed by atoms with van der Waals surface area (Å²) < 4.78 is 12.8. The molecule has 1 aliphatic rings. The van der Waals surface area contributed by atoms with Crippen LogP contribution in [0, 0.1) is 11.7 Å². The van der Waals surface area contributed by atoms with Crippen molar-refractivity contribution < 1.29 is 9.18 Å². The van der Waals surface area contributed by atoms with E-state index in [-0.39, 0.29) is 29.9 Å². The minimum absolute atomic E-state index is 0. The third kappa shape index (κ3) is 4.27. The van der Waals surface area contributed by atoms with Gasteiger partial charge in [0.05, 0.1) is 0 Å². The van der Waals surface area contributed by atoms with Gasteiger partial charge in [0.2, 0.25) is 0 Å². The van der Waals surface area contributed by atoms with E-state index in [2.05, 4.69) is 4.90 Å². The molecule has 19 heavy (non-hydrogen) atoms. The fourth-order valence-electron chi connectivity index (χ4n) is 2.45. The standard InChI is InChI=1S/C14H19FN2O.ClH/c15-13-3-1-11(2-4-13)14(18)12-5-8-17(9-6-12)10-7-16;/h1-4,12H,5-10,16H2;1H. The van der Waals surface area contributed by atoms with Gasteiger partial charge in [0, 0.05) is 24.6 Å². The van der Waals surface area contributed by atoms with Gasteiger partial charge in [-0.05, 0) is 50.2 Å². The van der Waals surface area contributed by atoms with Crippen molar-refractivity contribution >= 4 is 18.2 Å². The smallest absolute Gasteiger partial charge is 0.166 e. The van der Waals surface area contributed by atoms with E-state index >= 15 is 0 Å². The summed E-state index contributed by atoms with van der Waals surface area (Å²) >= 11 is 0. The van der Waals surface area contributed by atoms with Crippen LogP contribution in [0.3, 0.4) is 0 Å². The number of piperidine rings is 1. The van der Waals surface area contributed by atoms with Crippen molar-refractivity contribution in [2.75, 3.05) is 26.2 Å². The average molecular weight is 287 g/mol. The van der Waals surface area contributed by atoms with Crippen LogP contribution in [0.4, 0.5) is 4.39 Å². The van der Waals surface area contributed by atoms with Gasteiger partial charge in [-0.3, -0.25) is 4.79 Å². The summed E-state index contributed by atoms with van der Waals surface area (Å²) in [6.45, 7) is 3.41. The first-order valence-electron chi connectivity index (χ1n) is 6.43. The summed E-state index contributed by atoms with van der Waals surface area (Å²) in [7, 11) is 0. The number of nitrogens with zero attached hydrogens (tertiary/aromatic N) is 1. The minimum atomic E-state index is -0.302. The van der Waals surface area contributed by atoms with Crippen molar-refractivity contribution in [3.63, 3.8) is 0 Å². The molecule has 1 saturated heterocycles. The number of nitrogens with two attached hydrogens (primary N) is 1. The Morgan fingerprint density at radius 2 is 1.84 bits per heavy atom. The number of likely N-dealkylation sites (tertiary alicyclic amines) is 1. The summed E-state index contributed by atoms with van der Waals surface area (Å²) in [5, 5.41) is 0. The van der Waals surface area contributed by atoms with E-state index < -0.39 is 0 Å². The topological polar surface area (TPSA) is 46.3 Å². The Kier molecular flexibility index (Phi) is 6.42. The maximum absolute atomic E-state index is 12.8. The molecule has 0 unspecified atom stereocenters. The molecule has 0 spiro atoms. The lowest BCUT2D eigenvalue weighted by molar-refractivity contribution is 0.0842. The summed E-state index contributed by atoms with van der Waals surface area (Å²) in [6, 6.07) is 5.83. The molecular formula is C14H20ClFN2O. The van der Waals surface area contributed by atoms with Gasteiger partial charge in [0.1, 0.15) is 5.82 Å². The molecule has 0 aromatic heterocycles. The highest BCUT2D eigenvalue weighted by Crippen LogP contribution is 2.21. The van der Waals surface area contributed by atoms with Crippen molar-refractivity contribution in [1.29, 1.82) is 0 Å². The number of rotatable bonds is 4. The summed E-state index contributed by atoms with van der Waals surface area (Å²) in [4.78, 5) is 14.5. The Balaban J connectivity index is 0.00000180. The van der Waals surface area contributed by atoms with Crippen LogP contribution < -0.4 is 5.73 Å². The molecule has 2 rings (SSSR count). The maximum atomic E-state index is 12.8. The van der Waals surface area contributed by atoms with Crippen molar-refractivity contribution in [2.24, 2.45) is 11.7 Å². The Bertz CT molecular complexity index is 402. The van der Waals surface area contributed by atoms with Crippen molar-refractivity contribution in [3.05, 3.63) is 35.6 Å². The molecule has 1 aromatic rings. The molecule has 0 saturated carbocycles. The number of carbonyl (C=O) groups excluding carboxylic acids is 1. The third-order valence-corrected chi connectivity index (χ3v) is 3.53. The second kappa shape index (κ2) is 7.58. The molecule has 106 valence electrons. The number of hydrogen-bond acceptors (Lipinski definition) is 3. The van der Waals surface area contributed by atoms with Crippen LogP contribution in [0.5, 0.6) is 0 Å². The number of carbonyl (C=O) groups is 1. The van der Waals surface area contributed by atoms with E-state index in [0.717, 1.165) is 32.5 Å². The molecule has 2 N–H and O–H groups in total. The molecule has 0 atom stereocenters. The van der Waals surface area contributed by atoms with Crippen molar-refractivity contribution in [2.45, 2.75) is 12.8 Å². The first-order valence-corrected chi connectivity index (χ1v) is 6.43. The van der Waals surface area contributed by atoms with Crippen LogP contribution in [0.25, 0.3) is 0 Å². The SMILES string of the molecule is Cl.NCCN1CCC(C(=O)c2ccc(F)cc2)CC1. The normalized spacial score (nSPS) is 16.9. The fourth-order valence-corrected chi connectivity index (χ4v) is 2.45. The lowest BCUT2D eigenvalue weighted by atomic mass is 9.89. The minimum Gasteiger partial charge on any atom is -0.329 e. The number of halogens is 2. The molecule has 0 bridgehead atoms. The van der Waals surface area contributed by atoms with Gasteiger partial charge in [-0.15, -0.1) is 12.4 Å². The Labute approximate surface area is 119 Å². The highest BCUT2D eigenvalue weighted by molar-refractivity contribution is 5.97. The number of ketones is 1. The number of benzene rings is 1. The Morgan fingerprint density at radius 3 is 2.37 bits per heavy atom. The zero-order valence-corrected chi connectivity index (χ0v) is 11.7. The summed E-state index contributed by atoms with van der Waals surface area (Å²) in [5.74, 6) is -0.0869. The number of Topliss-reactive ketones (excluding diaryl/α,β-unsaturated/α-hetero) is 1. The lowest BCUT2D eigenvalue weighted by Gasteiger charge is -2.30. The predicted molar refractivity (Wildman–Crippen MR) is 76.2 cm³/mol. The van der Waals surface area contributed by atoms with Gasteiger partial charge in [0.25, 0.3) is 0 Å². The third-order valence-electron chi connectivity index (χ3n) is 3.53. The second-order valence-corrected chi connectivity index (χ2v) is 4.78. The molecule has 3 nitrogen and oxygen atoms in total. The van der Waals surface area contributed by atoms with E-state index in [4.69, 9.17) is 5.73 Å². The molecule has 1 fully saturated rings. The molecule has 1 aromatic carbocycles. The second-order valence-electron chi connectivity index (χ2n) is 4.78. The summed E-state index contributed by atoms with van der Waals surface area (Å²) in [6.07, 6.45) is 1.74. The van der Waals surface area contributed by atoms with Crippen LogP contribution in [0.15, 0.2) is 24.3 Å². The van der Waals surface area contributed by atoms with E-state index in [1.807, 2.05) is 0 Å².